The quantitative estimate of drug-likeness (QED) is 0.854. The topological polar surface area (TPSA) is 102 Å². The maximum absolute atomic E-state index is 11.7. The Bertz CT molecular complexity index is 683. The molecule has 0 radical (unpaired) electrons. The Morgan fingerprint density at radius 3 is 2.81 bits per heavy atom. The lowest BCUT2D eigenvalue weighted by atomic mass is 10.2. The molecule has 1 aromatic carbocycles. The molecule has 0 spiro atoms. The molecule has 0 unspecified atom stereocenters. The molecule has 1 heterocycles. The average Bonchev–Trinajstić information content (AvgIpc) is 2.84. The number of aromatic carboxylic acids is 1. The molecule has 0 atom stereocenters. The number of carbonyl (C=O) groups excluding carboxylic acids is 1. The number of rotatable bonds is 5. The zero-order chi connectivity index (χ0) is 15.4. The first-order chi connectivity index (χ1) is 9.95. The molecule has 0 aliphatic heterocycles. The molecule has 8 heteroatoms. The van der Waals surface area contributed by atoms with Crippen molar-refractivity contribution in [2.45, 2.75) is 6.92 Å². The first kappa shape index (κ1) is 15.0. The molecule has 2 aromatic rings. The van der Waals surface area contributed by atoms with Gasteiger partial charge in [-0.15, -0.1) is 0 Å². The Morgan fingerprint density at radius 2 is 2.19 bits per heavy atom. The van der Waals surface area contributed by atoms with Gasteiger partial charge in [-0.3, -0.25) is 4.79 Å². The predicted molar refractivity (Wildman–Crippen MR) is 76.5 cm³/mol. The first-order valence-electron chi connectivity index (χ1n) is 5.84. The lowest BCUT2D eigenvalue weighted by Gasteiger charge is -2.07. The zero-order valence-corrected chi connectivity index (χ0v) is 12.5. The molecular formula is C13H11BrN2O5. The minimum Gasteiger partial charge on any atom is -0.478 e. The average molecular weight is 355 g/mol. The van der Waals surface area contributed by atoms with Crippen molar-refractivity contribution in [1.82, 2.24) is 5.16 Å². The fourth-order valence-corrected chi connectivity index (χ4v) is 1.93. The summed E-state index contributed by atoms with van der Waals surface area (Å²) in [6.45, 7) is 1.44. The van der Waals surface area contributed by atoms with Crippen LogP contribution in [-0.2, 0) is 4.79 Å². The summed E-state index contributed by atoms with van der Waals surface area (Å²) in [5.41, 5.74) is 0.418. The normalized spacial score (nSPS) is 10.2. The Kier molecular flexibility index (Phi) is 4.59. The summed E-state index contributed by atoms with van der Waals surface area (Å²) in [4.78, 5) is 22.7. The van der Waals surface area contributed by atoms with Crippen molar-refractivity contribution in [3.05, 3.63) is 40.1 Å². The molecule has 0 aliphatic rings. The Hall–Kier alpha value is -2.35. The van der Waals surface area contributed by atoms with Crippen LogP contribution in [0, 0.1) is 6.92 Å². The number of aromatic nitrogens is 1. The van der Waals surface area contributed by atoms with Gasteiger partial charge in [0.15, 0.2) is 6.61 Å². The van der Waals surface area contributed by atoms with Crippen molar-refractivity contribution >= 4 is 33.5 Å². The second kappa shape index (κ2) is 6.40. The SMILES string of the molecule is Cc1cc(OCC(=O)Nc2ccc(Br)c(C(=O)O)c2)no1. The molecule has 2 N–H and O–H groups in total. The summed E-state index contributed by atoms with van der Waals surface area (Å²) in [6, 6.07) is 6.02. The molecule has 0 saturated carbocycles. The maximum atomic E-state index is 11.7. The Morgan fingerprint density at radius 1 is 1.43 bits per heavy atom. The molecule has 110 valence electrons. The van der Waals surface area contributed by atoms with Crippen LogP contribution in [-0.4, -0.2) is 28.7 Å². The molecule has 7 nitrogen and oxygen atoms in total. The molecule has 21 heavy (non-hydrogen) atoms. The second-order valence-corrected chi connectivity index (χ2v) is 4.97. The molecule has 0 aliphatic carbocycles. The number of nitrogens with one attached hydrogen (secondary N) is 1. The van der Waals surface area contributed by atoms with Crippen LogP contribution >= 0.6 is 15.9 Å². The third-order valence-corrected chi connectivity index (χ3v) is 3.13. The molecule has 0 saturated heterocycles. The van der Waals surface area contributed by atoms with Gasteiger partial charge >= 0.3 is 5.97 Å². The van der Waals surface area contributed by atoms with Gasteiger partial charge < -0.3 is 19.7 Å². The Balaban J connectivity index is 1.96. The highest BCUT2D eigenvalue weighted by Gasteiger charge is 2.11. The number of nitrogens with zero attached hydrogens (tertiary/aromatic N) is 1. The fraction of sp³-hybridized carbons (Fsp3) is 0.154. The maximum Gasteiger partial charge on any atom is 0.336 e. The van der Waals surface area contributed by atoms with E-state index < -0.39 is 11.9 Å². The van der Waals surface area contributed by atoms with Gasteiger partial charge in [0.05, 0.1) is 5.56 Å². The number of halogens is 1. The lowest BCUT2D eigenvalue weighted by Crippen LogP contribution is -2.20. The van der Waals surface area contributed by atoms with Crippen molar-refractivity contribution in [3.63, 3.8) is 0 Å². The summed E-state index contributed by atoms with van der Waals surface area (Å²) in [6.07, 6.45) is 0. The monoisotopic (exact) mass is 354 g/mol. The van der Waals surface area contributed by atoms with Gasteiger partial charge in [-0.1, -0.05) is 0 Å². The van der Waals surface area contributed by atoms with Gasteiger partial charge in [0.1, 0.15) is 5.76 Å². The van der Waals surface area contributed by atoms with E-state index in [1.807, 2.05) is 0 Å². The van der Waals surface area contributed by atoms with E-state index in [9.17, 15) is 9.59 Å². The van der Waals surface area contributed by atoms with E-state index in [0.29, 0.717) is 15.9 Å². The zero-order valence-electron chi connectivity index (χ0n) is 10.9. The molecule has 1 aromatic heterocycles. The van der Waals surface area contributed by atoms with Gasteiger partial charge in [-0.05, 0) is 46.2 Å². The minimum absolute atomic E-state index is 0.0563. The first-order valence-corrected chi connectivity index (χ1v) is 6.64. The van der Waals surface area contributed by atoms with Crippen LogP contribution < -0.4 is 10.1 Å². The van der Waals surface area contributed by atoms with Gasteiger partial charge in [-0.2, -0.15) is 0 Å². The second-order valence-electron chi connectivity index (χ2n) is 4.11. The lowest BCUT2D eigenvalue weighted by molar-refractivity contribution is -0.118. The van der Waals surface area contributed by atoms with Crippen LogP contribution in [0.5, 0.6) is 5.88 Å². The van der Waals surface area contributed by atoms with E-state index in [0.717, 1.165) is 0 Å². The van der Waals surface area contributed by atoms with Gasteiger partial charge in [-0.25, -0.2) is 4.79 Å². The number of carboxylic acids is 1. The van der Waals surface area contributed by atoms with Crippen LogP contribution in [0.4, 0.5) is 5.69 Å². The van der Waals surface area contributed by atoms with Crippen LogP contribution in [0.15, 0.2) is 33.3 Å². The van der Waals surface area contributed by atoms with Crippen molar-refractivity contribution in [2.24, 2.45) is 0 Å². The smallest absolute Gasteiger partial charge is 0.336 e. The number of hydrogen-bond acceptors (Lipinski definition) is 5. The highest BCUT2D eigenvalue weighted by Crippen LogP contribution is 2.21. The number of amides is 1. The summed E-state index contributed by atoms with van der Waals surface area (Å²) in [7, 11) is 0. The van der Waals surface area contributed by atoms with E-state index >= 15 is 0 Å². The third-order valence-electron chi connectivity index (χ3n) is 2.44. The summed E-state index contributed by atoms with van der Waals surface area (Å²) in [5.74, 6) is -0.740. The van der Waals surface area contributed by atoms with Gasteiger partial charge in [0, 0.05) is 16.2 Å². The highest BCUT2D eigenvalue weighted by atomic mass is 79.9. The van der Waals surface area contributed by atoms with Crippen molar-refractivity contribution in [1.29, 1.82) is 0 Å². The standard InChI is InChI=1S/C13H11BrN2O5/c1-7-4-12(16-21-7)20-6-11(17)15-8-2-3-10(14)9(5-8)13(18)19/h2-5H,6H2,1H3,(H,15,17)(H,18,19). The number of carbonyl (C=O) groups is 2. The number of anilines is 1. The summed E-state index contributed by atoms with van der Waals surface area (Å²) < 4.78 is 10.3. The highest BCUT2D eigenvalue weighted by molar-refractivity contribution is 9.10. The minimum atomic E-state index is -1.09. The predicted octanol–water partition coefficient (Wildman–Crippen LogP) is 2.46. The fourth-order valence-electron chi connectivity index (χ4n) is 1.52. The van der Waals surface area contributed by atoms with Crippen molar-refractivity contribution < 1.29 is 24.0 Å². The van der Waals surface area contributed by atoms with E-state index in [1.165, 1.54) is 6.07 Å². The van der Waals surface area contributed by atoms with E-state index in [1.54, 1.807) is 25.1 Å². The summed E-state index contributed by atoms with van der Waals surface area (Å²) >= 11 is 3.12. The number of ether oxygens (including phenoxy) is 1. The molecular weight excluding hydrogens is 344 g/mol. The van der Waals surface area contributed by atoms with Gasteiger partial charge in [0.25, 0.3) is 11.8 Å². The van der Waals surface area contributed by atoms with Crippen molar-refractivity contribution in [2.75, 3.05) is 11.9 Å². The number of aryl methyl sites for hydroxylation is 1. The van der Waals surface area contributed by atoms with E-state index in [2.05, 4.69) is 26.4 Å². The molecule has 2 rings (SSSR count). The van der Waals surface area contributed by atoms with E-state index in [4.69, 9.17) is 14.4 Å². The third kappa shape index (κ3) is 4.06. The van der Waals surface area contributed by atoms with Crippen LogP contribution in [0.25, 0.3) is 0 Å². The summed E-state index contributed by atoms with van der Waals surface area (Å²) in [5, 5.41) is 15.1. The largest absolute Gasteiger partial charge is 0.478 e. The van der Waals surface area contributed by atoms with Crippen LogP contribution in [0.3, 0.4) is 0 Å². The molecule has 1 amide bonds. The van der Waals surface area contributed by atoms with Crippen LogP contribution in [0.2, 0.25) is 0 Å². The number of carboxylic acid groups (broad SMARTS) is 1. The van der Waals surface area contributed by atoms with Crippen LogP contribution in [0.1, 0.15) is 16.1 Å². The molecule has 0 fully saturated rings. The number of benzene rings is 1. The van der Waals surface area contributed by atoms with Gasteiger partial charge in [0.2, 0.25) is 0 Å². The number of hydrogen-bond donors (Lipinski definition) is 2. The Labute approximate surface area is 128 Å². The molecule has 0 bridgehead atoms. The van der Waals surface area contributed by atoms with E-state index in [-0.39, 0.29) is 18.1 Å². The van der Waals surface area contributed by atoms with Crippen molar-refractivity contribution in [3.8, 4) is 5.88 Å².